The molecule has 0 aliphatic heterocycles. The van der Waals surface area contributed by atoms with Crippen molar-refractivity contribution in [2.24, 2.45) is 0 Å². The van der Waals surface area contributed by atoms with Crippen molar-refractivity contribution in [3.8, 4) is 11.5 Å². The average molecular weight is 330 g/mol. The Morgan fingerprint density at radius 1 is 1.04 bits per heavy atom. The number of nitrogens with one attached hydrogen (secondary N) is 1. The van der Waals surface area contributed by atoms with Gasteiger partial charge in [0.05, 0.1) is 0 Å². The predicted octanol–water partition coefficient (Wildman–Crippen LogP) is 2.30. The highest BCUT2D eigenvalue weighted by Crippen LogP contribution is 2.32. The van der Waals surface area contributed by atoms with Crippen molar-refractivity contribution in [1.29, 1.82) is 0 Å². The summed E-state index contributed by atoms with van der Waals surface area (Å²) in [5, 5.41) is 21.6. The van der Waals surface area contributed by atoms with Crippen LogP contribution in [0.1, 0.15) is 5.56 Å². The highest BCUT2D eigenvalue weighted by molar-refractivity contribution is 5.96. The summed E-state index contributed by atoms with van der Waals surface area (Å²) in [7, 11) is 1.41. The number of nitrogens with zero attached hydrogens (tertiary/aromatic N) is 1. The molecule has 0 fully saturated rings. The van der Waals surface area contributed by atoms with Crippen molar-refractivity contribution in [3.63, 3.8) is 0 Å². The summed E-state index contributed by atoms with van der Waals surface area (Å²) in [5.41, 5.74) is 0.733. The number of carbonyl (C=O) groups excluding carboxylic acids is 2. The van der Waals surface area contributed by atoms with Gasteiger partial charge in [-0.25, -0.2) is 4.79 Å². The number of phenols is 2. The molecule has 2 rings (SSSR count). The van der Waals surface area contributed by atoms with Gasteiger partial charge in [0.15, 0.2) is 0 Å². The van der Waals surface area contributed by atoms with Crippen molar-refractivity contribution < 1.29 is 24.5 Å². The van der Waals surface area contributed by atoms with Crippen LogP contribution >= 0.6 is 0 Å². The maximum atomic E-state index is 11.9. The highest BCUT2D eigenvalue weighted by atomic mass is 16.6. The fourth-order valence-corrected chi connectivity index (χ4v) is 1.94. The number of hydrogen-bond donors (Lipinski definition) is 3. The number of aromatic hydroxyl groups is 2. The van der Waals surface area contributed by atoms with E-state index in [1.165, 1.54) is 25.2 Å². The Hall–Kier alpha value is -3.22. The first-order valence-corrected chi connectivity index (χ1v) is 7.20. The van der Waals surface area contributed by atoms with E-state index in [0.717, 1.165) is 10.5 Å². The Morgan fingerprint density at radius 2 is 1.67 bits per heavy atom. The fraction of sp³-hybridized carbons (Fsp3) is 0.176. The number of amides is 2. The van der Waals surface area contributed by atoms with E-state index in [2.05, 4.69) is 5.32 Å². The quantitative estimate of drug-likeness (QED) is 0.731. The number of para-hydroxylation sites is 1. The lowest BCUT2D eigenvalue weighted by atomic mass is 10.2. The van der Waals surface area contributed by atoms with E-state index in [9.17, 15) is 19.8 Å². The molecular formula is C17H18N2O5. The zero-order chi connectivity index (χ0) is 17.5. The average Bonchev–Trinajstić information content (AvgIpc) is 2.57. The van der Waals surface area contributed by atoms with Crippen LogP contribution in [0.2, 0.25) is 0 Å². The molecule has 2 amide bonds. The molecule has 0 heterocycles. The molecule has 0 aliphatic rings. The number of hydrogen-bond acceptors (Lipinski definition) is 5. The zero-order valence-electron chi connectivity index (χ0n) is 13.1. The van der Waals surface area contributed by atoms with Gasteiger partial charge in [-0.3, -0.25) is 4.79 Å². The van der Waals surface area contributed by atoms with Crippen molar-refractivity contribution in [3.05, 3.63) is 54.1 Å². The van der Waals surface area contributed by atoms with Crippen LogP contribution in [0.4, 0.5) is 10.5 Å². The second kappa shape index (κ2) is 7.87. The Balaban J connectivity index is 1.85. The largest absolute Gasteiger partial charge is 0.506 e. The van der Waals surface area contributed by atoms with E-state index in [4.69, 9.17) is 4.74 Å². The minimum Gasteiger partial charge on any atom is -0.506 e. The smallest absolute Gasteiger partial charge is 0.410 e. The van der Waals surface area contributed by atoms with E-state index in [1.807, 2.05) is 30.3 Å². The normalized spacial score (nSPS) is 10.0. The molecule has 0 atom stereocenters. The van der Waals surface area contributed by atoms with Gasteiger partial charge >= 0.3 is 6.09 Å². The Bertz CT molecular complexity index is 698. The van der Waals surface area contributed by atoms with Crippen LogP contribution in [0.3, 0.4) is 0 Å². The van der Waals surface area contributed by atoms with E-state index in [1.54, 1.807) is 0 Å². The van der Waals surface area contributed by atoms with Crippen molar-refractivity contribution in [1.82, 2.24) is 4.90 Å². The molecule has 0 bridgehead atoms. The van der Waals surface area contributed by atoms with Crippen LogP contribution in [-0.4, -0.2) is 40.7 Å². The van der Waals surface area contributed by atoms with Gasteiger partial charge in [-0.05, 0) is 17.7 Å². The fourth-order valence-electron chi connectivity index (χ4n) is 1.94. The maximum Gasteiger partial charge on any atom is 0.410 e. The third kappa shape index (κ3) is 4.64. The maximum absolute atomic E-state index is 11.9. The lowest BCUT2D eigenvalue weighted by molar-refractivity contribution is -0.116. The second-order valence-electron chi connectivity index (χ2n) is 5.12. The van der Waals surface area contributed by atoms with Gasteiger partial charge < -0.3 is 25.2 Å². The molecule has 0 radical (unpaired) electrons. The zero-order valence-corrected chi connectivity index (χ0v) is 13.1. The van der Waals surface area contributed by atoms with Crippen LogP contribution < -0.4 is 5.32 Å². The lowest BCUT2D eigenvalue weighted by Gasteiger charge is -2.17. The lowest BCUT2D eigenvalue weighted by Crippen LogP contribution is -2.35. The molecule has 3 N–H and O–H groups in total. The summed E-state index contributed by atoms with van der Waals surface area (Å²) >= 11 is 0. The van der Waals surface area contributed by atoms with Gasteiger partial charge in [0.25, 0.3) is 0 Å². The van der Waals surface area contributed by atoms with Crippen LogP contribution in [0.25, 0.3) is 0 Å². The van der Waals surface area contributed by atoms with Crippen molar-refractivity contribution >= 4 is 17.7 Å². The summed E-state index contributed by atoms with van der Waals surface area (Å²) in [6.07, 6.45) is -0.657. The first-order valence-electron chi connectivity index (χ1n) is 7.20. The number of phenolic OH excluding ortho intramolecular Hbond substituents is 2. The first kappa shape index (κ1) is 17.1. The molecule has 2 aromatic rings. The second-order valence-corrected chi connectivity index (χ2v) is 5.12. The summed E-state index contributed by atoms with van der Waals surface area (Å²) in [6.45, 7) is -0.187. The topological polar surface area (TPSA) is 99.1 Å². The van der Waals surface area contributed by atoms with Crippen LogP contribution in [0, 0.1) is 0 Å². The molecule has 0 unspecified atom stereocenters. The molecule has 0 saturated heterocycles. The van der Waals surface area contributed by atoms with Crippen molar-refractivity contribution in [2.45, 2.75) is 6.61 Å². The van der Waals surface area contributed by atoms with E-state index in [0.29, 0.717) is 0 Å². The summed E-state index contributed by atoms with van der Waals surface area (Å²) < 4.78 is 5.10. The van der Waals surface area contributed by atoms with Gasteiger partial charge in [-0.1, -0.05) is 36.4 Å². The number of ether oxygens (including phenoxy) is 1. The van der Waals surface area contributed by atoms with Gasteiger partial charge in [0.1, 0.15) is 30.3 Å². The molecule has 0 saturated carbocycles. The summed E-state index contributed by atoms with van der Waals surface area (Å²) in [6, 6.07) is 13.3. The van der Waals surface area contributed by atoms with E-state index in [-0.39, 0.29) is 30.3 Å². The SMILES string of the molecule is CN(CC(=O)Nc1c(O)cccc1O)C(=O)OCc1ccccc1. The Morgan fingerprint density at radius 3 is 2.29 bits per heavy atom. The molecule has 126 valence electrons. The standard InChI is InChI=1S/C17H18N2O5/c1-19(17(23)24-11-12-6-3-2-4-7-12)10-15(22)18-16-13(20)8-5-9-14(16)21/h2-9,20-21H,10-11H2,1H3,(H,18,22). The molecule has 2 aromatic carbocycles. The molecule has 0 aromatic heterocycles. The Kier molecular flexibility index (Phi) is 5.62. The molecule has 0 aliphatic carbocycles. The van der Waals surface area contributed by atoms with Crippen LogP contribution in [0.15, 0.2) is 48.5 Å². The minimum atomic E-state index is -0.657. The number of benzene rings is 2. The van der Waals surface area contributed by atoms with Gasteiger partial charge in [-0.2, -0.15) is 0 Å². The molecule has 7 nitrogen and oxygen atoms in total. The molecule has 0 spiro atoms. The van der Waals surface area contributed by atoms with Crippen LogP contribution in [-0.2, 0) is 16.1 Å². The minimum absolute atomic E-state index is 0.103. The van der Waals surface area contributed by atoms with E-state index >= 15 is 0 Å². The van der Waals surface area contributed by atoms with Gasteiger partial charge in [-0.15, -0.1) is 0 Å². The number of rotatable bonds is 5. The number of anilines is 1. The number of carbonyl (C=O) groups is 2. The van der Waals surface area contributed by atoms with E-state index < -0.39 is 12.0 Å². The first-order chi connectivity index (χ1) is 11.5. The number of likely N-dealkylation sites (N-methyl/N-ethyl adjacent to an activating group) is 1. The van der Waals surface area contributed by atoms with Gasteiger partial charge in [0.2, 0.25) is 5.91 Å². The molecule has 24 heavy (non-hydrogen) atoms. The predicted molar refractivity (Wildman–Crippen MR) is 87.7 cm³/mol. The molecule has 7 heteroatoms. The summed E-state index contributed by atoms with van der Waals surface area (Å²) in [4.78, 5) is 24.9. The highest BCUT2D eigenvalue weighted by Gasteiger charge is 2.16. The van der Waals surface area contributed by atoms with Gasteiger partial charge in [0, 0.05) is 7.05 Å². The Labute approximate surface area is 139 Å². The molecular weight excluding hydrogens is 312 g/mol. The summed E-state index contributed by atoms with van der Waals surface area (Å²) in [5.74, 6) is -1.11. The third-order valence-electron chi connectivity index (χ3n) is 3.18. The third-order valence-corrected chi connectivity index (χ3v) is 3.18. The monoisotopic (exact) mass is 330 g/mol. The van der Waals surface area contributed by atoms with Crippen LogP contribution in [0.5, 0.6) is 11.5 Å². The van der Waals surface area contributed by atoms with Crippen molar-refractivity contribution in [2.75, 3.05) is 18.9 Å².